The monoisotopic (exact) mass is 404 g/mol. The molecule has 1 aliphatic rings. The molecule has 5 nitrogen and oxygen atoms in total. The SMILES string of the molecule is C[C@@H](OC(=O)CSC(=S)N1CCCC1)C(=O)Nc1ccc(Cl)cc1F. The summed E-state index contributed by atoms with van der Waals surface area (Å²) in [7, 11) is 0. The number of likely N-dealkylation sites (tertiary alicyclic amines) is 1. The van der Waals surface area contributed by atoms with Gasteiger partial charge in [-0.3, -0.25) is 9.59 Å². The number of thiocarbonyl (C=S) groups is 1. The van der Waals surface area contributed by atoms with Gasteiger partial charge in [0.15, 0.2) is 6.10 Å². The molecule has 0 spiro atoms. The summed E-state index contributed by atoms with van der Waals surface area (Å²) in [4.78, 5) is 25.9. The van der Waals surface area contributed by atoms with E-state index in [-0.39, 0.29) is 16.5 Å². The Bertz CT molecular complexity index is 669. The number of nitrogens with one attached hydrogen (secondary N) is 1. The van der Waals surface area contributed by atoms with Crippen molar-refractivity contribution in [2.45, 2.75) is 25.9 Å². The first-order chi connectivity index (χ1) is 11.9. The zero-order valence-corrected chi connectivity index (χ0v) is 16.0. The van der Waals surface area contributed by atoms with Crippen molar-refractivity contribution in [3.63, 3.8) is 0 Å². The topological polar surface area (TPSA) is 58.6 Å². The van der Waals surface area contributed by atoms with Gasteiger partial charge in [-0.25, -0.2) is 4.39 Å². The zero-order chi connectivity index (χ0) is 18.4. The lowest BCUT2D eigenvalue weighted by molar-refractivity contribution is -0.150. The van der Waals surface area contributed by atoms with E-state index in [1.165, 1.54) is 30.8 Å². The van der Waals surface area contributed by atoms with Crippen LogP contribution in [0.2, 0.25) is 5.02 Å². The lowest BCUT2D eigenvalue weighted by atomic mass is 10.3. The van der Waals surface area contributed by atoms with Gasteiger partial charge in [0.1, 0.15) is 10.1 Å². The highest BCUT2D eigenvalue weighted by atomic mass is 35.5. The molecule has 1 N–H and O–H groups in total. The summed E-state index contributed by atoms with van der Waals surface area (Å²) >= 11 is 12.1. The van der Waals surface area contributed by atoms with Crippen LogP contribution in [0.3, 0.4) is 0 Å². The molecular formula is C16H18ClFN2O3S2. The number of benzene rings is 1. The molecule has 1 fully saturated rings. The Kier molecular flexibility index (Phi) is 7.46. The highest BCUT2D eigenvalue weighted by Gasteiger charge is 2.21. The van der Waals surface area contributed by atoms with Crippen LogP contribution in [-0.2, 0) is 14.3 Å². The predicted molar refractivity (Wildman–Crippen MR) is 101 cm³/mol. The van der Waals surface area contributed by atoms with Crippen LogP contribution in [0, 0.1) is 5.82 Å². The third-order valence-electron chi connectivity index (χ3n) is 3.54. The highest BCUT2D eigenvalue weighted by Crippen LogP contribution is 2.19. The van der Waals surface area contributed by atoms with E-state index in [9.17, 15) is 14.0 Å². The quantitative estimate of drug-likeness (QED) is 0.599. The van der Waals surface area contributed by atoms with Crippen molar-refractivity contribution >= 4 is 57.5 Å². The molecule has 0 saturated carbocycles. The number of ether oxygens (including phenoxy) is 1. The standard InChI is InChI=1S/C16H18ClFN2O3S2/c1-10(15(22)19-13-5-4-11(17)8-12(13)18)23-14(21)9-25-16(24)20-6-2-3-7-20/h4-5,8,10H,2-3,6-7,9H2,1H3,(H,19,22)/t10-/m1/s1. The normalized spacial score (nSPS) is 14.9. The second-order valence-corrected chi connectivity index (χ2v) is 7.54. The molecule has 0 bridgehead atoms. The van der Waals surface area contributed by atoms with Gasteiger partial charge in [-0.05, 0) is 38.0 Å². The van der Waals surface area contributed by atoms with E-state index >= 15 is 0 Å². The first-order valence-electron chi connectivity index (χ1n) is 7.74. The largest absolute Gasteiger partial charge is 0.452 e. The molecule has 1 aliphatic heterocycles. The number of carbonyl (C=O) groups excluding carboxylic acids is 2. The van der Waals surface area contributed by atoms with Crippen LogP contribution < -0.4 is 5.32 Å². The summed E-state index contributed by atoms with van der Waals surface area (Å²) < 4.78 is 19.4. The molecule has 0 unspecified atom stereocenters. The number of halogens is 2. The van der Waals surface area contributed by atoms with Crippen LogP contribution >= 0.6 is 35.6 Å². The van der Waals surface area contributed by atoms with Crippen molar-refractivity contribution in [1.82, 2.24) is 4.90 Å². The molecule has 9 heteroatoms. The molecule has 1 aromatic rings. The third-order valence-corrected chi connectivity index (χ3v) is 5.28. The molecule has 2 rings (SSSR count). The van der Waals surface area contributed by atoms with Crippen LogP contribution in [0.5, 0.6) is 0 Å². The molecule has 1 amide bonds. The fourth-order valence-corrected chi connectivity index (χ4v) is 3.41. The van der Waals surface area contributed by atoms with Crippen LogP contribution in [-0.4, -0.2) is 46.0 Å². The molecule has 1 heterocycles. The number of anilines is 1. The Labute approximate surface area is 160 Å². The van der Waals surface area contributed by atoms with Crippen molar-refractivity contribution in [3.05, 3.63) is 29.0 Å². The number of hydrogen-bond donors (Lipinski definition) is 1. The minimum absolute atomic E-state index is 0.0260. The molecule has 1 atom stereocenters. The first kappa shape index (κ1) is 19.9. The fourth-order valence-electron chi connectivity index (χ4n) is 2.22. The highest BCUT2D eigenvalue weighted by molar-refractivity contribution is 8.23. The maximum Gasteiger partial charge on any atom is 0.317 e. The molecule has 0 aromatic heterocycles. The maximum atomic E-state index is 13.7. The lowest BCUT2D eigenvalue weighted by Crippen LogP contribution is -2.31. The van der Waals surface area contributed by atoms with Crippen molar-refractivity contribution in [3.8, 4) is 0 Å². The second kappa shape index (κ2) is 9.35. The van der Waals surface area contributed by atoms with E-state index in [1.807, 2.05) is 4.90 Å². The molecular weight excluding hydrogens is 387 g/mol. The van der Waals surface area contributed by atoms with Crippen molar-refractivity contribution in [2.75, 3.05) is 24.2 Å². The van der Waals surface area contributed by atoms with Crippen LogP contribution in [0.25, 0.3) is 0 Å². The van der Waals surface area contributed by atoms with Gasteiger partial charge in [-0.1, -0.05) is 35.6 Å². The van der Waals surface area contributed by atoms with E-state index in [0.29, 0.717) is 4.32 Å². The van der Waals surface area contributed by atoms with Gasteiger partial charge in [0, 0.05) is 18.1 Å². The molecule has 1 saturated heterocycles. The number of thioether (sulfide) groups is 1. The Morgan fingerprint density at radius 2 is 2.12 bits per heavy atom. The lowest BCUT2D eigenvalue weighted by Gasteiger charge is -2.18. The molecule has 1 aromatic carbocycles. The van der Waals surface area contributed by atoms with Crippen molar-refractivity contribution in [2.24, 2.45) is 0 Å². The second-order valence-electron chi connectivity index (χ2n) is 5.49. The summed E-state index contributed by atoms with van der Waals surface area (Å²) in [5.74, 6) is -1.80. The number of hydrogen-bond acceptors (Lipinski definition) is 5. The average Bonchev–Trinajstić information content (AvgIpc) is 3.09. The Morgan fingerprint density at radius 3 is 2.76 bits per heavy atom. The minimum Gasteiger partial charge on any atom is -0.452 e. The van der Waals surface area contributed by atoms with Gasteiger partial charge < -0.3 is 15.0 Å². The summed E-state index contributed by atoms with van der Waals surface area (Å²) in [5, 5.41) is 2.58. The number of esters is 1. The Balaban J connectivity index is 1.77. The van der Waals surface area contributed by atoms with Crippen LogP contribution in [0.1, 0.15) is 19.8 Å². The predicted octanol–water partition coefficient (Wildman–Crippen LogP) is 3.46. The molecule has 136 valence electrons. The minimum atomic E-state index is -1.05. The van der Waals surface area contributed by atoms with Gasteiger partial charge in [0.05, 0.1) is 11.4 Å². The van der Waals surface area contributed by atoms with Crippen LogP contribution in [0.15, 0.2) is 18.2 Å². The summed E-state index contributed by atoms with van der Waals surface area (Å²) in [6, 6.07) is 3.88. The number of amides is 1. The van der Waals surface area contributed by atoms with Gasteiger partial charge in [-0.15, -0.1) is 0 Å². The number of rotatable bonds is 5. The molecule has 0 aliphatic carbocycles. The van der Waals surface area contributed by atoms with Crippen molar-refractivity contribution in [1.29, 1.82) is 0 Å². The fraction of sp³-hybridized carbons (Fsp3) is 0.438. The third kappa shape index (κ3) is 6.13. The van der Waals surface area contributed by atoms with E-state index < -0.39 is 23.8 Å². The zero-order valence-electron chi connectivity index (χ0n) is 13.6. The number of carbonyl (C=O) groups is 2. The maximum absolute atomic E-state index is 13.7. The smallest absolute Gasteiger partial charge is 0.317 e. The van der Waals surface area contributed by atoms with E-state index in [4.69, 9.17) is 28.6 Å². The first-order valence-corrected chi connectivity index (χ1v) is 9.51. The number of nitrogens with zero attached hydrogens (tertiary/aromatic N) is 1. The van der Waals surface area contributed by atoms with E-state index in [1.54, 1.807) is 0 Å². The van der Waals surface area contributed by atoms with Gasteiger partial charge >= 0.3 is 5.97 Å². The summed E-state index contributed by atoms with van der Waals surface area (Å²) in [6.07, 6.45) is 1.15. The van der Waals surface area contributed by atoms with Crippen LogP contribution in [0.4, 0.5) is 10.1 Å². The van der Waals surface area contributed by atoms with E-state index in [2.05, 4.69) is 5.32 Å². The van der Waals surface area contributed by atoms with Gasteiger partial charge in [0.2, 0.25) is 0 Å². The summed E-state index contributed by atoms with van der Waals surface area (Å²) in [6.45, 7) is 3.24. The summed E-state index contributed by atoms with van der Waals surface area (Å²) in [5.41, 5.74) is -0.0260. The molecule has 25 heavy (non-hydrogen) atoms. The van der Waals surface area contributed by atoms with Gasteiger partial charge in [-0.2, -0.15) is 0 Å². The average molecular weight is 405 g/mol. The Morgan fingerprint density at radius 1 is 1.44 bits per heavy atom. The van der Waals surface area contributed by atoms with Gasteiger partial charge in [0.25, 0.3) is 5.91 Å². The van der Waals surface area contributed by atoms with Crippen molar-refractivity contribution < 1.29 is 18.7 Å². The molecule has 0 radical (unpaired) electrons. The Hall–Kier alpha value is -1.38. The van der Waals surface area contributed by atoms with E-state index in [0.717, 1.165) is 32.0 Å².